The van der Waals surface area contributed by atoms with Gasteiger partial charge in [0.05, 0.1) is 5.75 Å². The first-order chi connectivity index (χ1) is 14.9. The molecule has 1 atom stereocenters. The monoisotopic (exact) mass is 520 g/mol. The summed E-state index contributed by atoms with van der Waals surface area (Å²) in [6, 6.07) is 12.9. The van der Waals surface area contributed by atoms with Crippen molar-refractivity contribution >= 4 is 50.9 Å². The summed E-state index contributed by atoms with van der Waals surface area (Å²) in [5.74, 6) is 1.44. The predicted octanol–water partition coefficient (Wildman–Crippen LogP) is 6.06. The van der Waals surface area contributed by atoms with Gasteiger partial charge in [-0.1, -0.05) is 45.4 Å². The van der Waals surface area contributed by atoms with E-state index in [1.807, 2.05) is 54.8 Å². The molecule has 9 heteroatoms. The summed E-state index contributed by atoms with van der Waals surface area (Å²) in [7, 11) is 0. The van der Waals surface area contributed by atoms with Crippen LogP contribution in [0.15, 0.2) is 64.7 Å². The molecule has 1 aromatic heterocycles. The fourth-order valence-electron chi connectivity index (χ4n) is 2.82. The zero-order valence-electron chi connectivity index (χ0n) is 17.1. The van der Waals surface area contributed by atoms with Gasteiger partial charge in [0, 0.05) is 21.7 Å². The molecule has 0 spiro atoms. The zero-order chi connectivity index (χ0) is 22.4. The van der Waals surface area contributed by atoms with E-state index in [2.05, 4.69) is 38.0 Å². The van der Waals surface area contributed by atoms with Crippen LogP contribution in [0.1, 0.15) is 24.4 Å². The molecule has 1 heterocycles. The van der Waals surface area contributed by atoms with E-state index in [1.165, 1.54) is 11.8 Å². The number of carbonyl (C=O) groups is 1. The highest BCUT2D eigenvalue weighted by Crippen LogP contribution is 2.27. The second-order valence-corrected chi connectivity index (χ2v) is 9.02. The van der Waals surface area contributed by atoms with E-state index in [0.29, 0.717) is 28.3 Å². The van der Waals surface area contributed by atoms with Crippen LogP contribution in [0.2, 0.25) is 5.02 Å². The number of nitrogens with one attached hydrogen (secondary N) is 1. The molecule has 0 fully saturated rings. The third-order valence-electron chi connectivity index (χ3n) is 4.32. The number of ether oxygens (including phenoxy) is 1. The van der Waals surface area contributed by atoms with E-state index in [4.69, 9.17) is 16.3 Å². The minimum atomic E-state index is -0.348. The van der Waals surface area contributed by atoms with Gasteiger partial charge in [-0.05, 0) is 61.9 Å². The lowest BCUT2D eigenvalue weighted by Crippen LogP contribution is -2.15. The fourth-order valence-corrected chi connectivity index (χ4v) is 3.95. The molecule has 162 valence electrons. The molecule has 6 nitrogen and oxygen atoms in total. The maximum Gasteiger partial charge on any atom is 0.234 e. The Kier molecular flexibility index (Phi) is 8.17. The van der Waals surface area contributed by atoms with Crippen LogP contribution >= 0.6 is 39.3 Å². The maximum atomic E-state index is 12.3. The van der Waals surface area contributed by atoms with Gasteiger partial charge in [0.15, 0.2) is 17.1 Å². The number of carbonyl (C=O) groups excluding carboxylic acids is 1. The average molecular weight is 522 g/mol. The zero-order valence-corrected chi connectivity index (χ0v) is 20.3. The lowest BCUT2D eigenvalue weighted by Gasteiger charge is -2.16. The van der Waals surface area contributed by atoms with E-state index in [0.717, 1.165) is 15.7 Å². The molecular formula is C22H22BrClN4O2S. The predicted molar refractivity (Wildman–Crippen MR) is 129 cm³/mol. The van der Waals surface area contributed by atoms with Crippen LogP contribution in [0.4, 0.5) is 5.69 Å². The molecule has 0 aliphatic carbocycles. The summed E-state index contributed by atoms with van der Waals surface area (Å²) in [6.07, 6.45) is 1.41. The highest BCUT2D eigenvalue weighted by atomic mass is 79.9. The van der Waals surface area contributed by atoms with Crippen LogP contribution in [0.3, 0.4) is 0 Å². The van der Waals surface area contributed by atoms with E-state index in [9.17, 15) is 4.79 Å². The molecule has 1 unspecified atom stereocenters. The molecule has 1 amide bonds. The molecule has 1 N–H and O–H groups in total. The Bertz CT molecular complexity index is 1070. The molecule has 0 aliphatic rings. The van der Waals surface area contributed by atoms with Crippen molar-refractivity contribution in [1.29, 1.82) is 0 Å². The van der Waals surface area contributed by atoms with Crippen molar-refractivity contribution in [2.45, 2.75) is 31.7 Å². The smallest absolute Gasteiger partial charge is 0.234 e. The number of nitrogens with zero attached hydrogens (tertiary/aromatic N) is 3. The first-order valence-electron chi connectivity index (χ1n) is 9.52. The molecule has 0 radical (unpaired) electrons. The number of hydrogen-bond donors (Lipinski definition) is 1. The lowest BCUT2D eigenvalue weighted by molar-refractivity contribution is -0.113. The summed E-state index contributed by atoms with van der Waals surface area (Å²) in [5.41, 5.74) is 1.68. The third kappa shape index (κ3) is 6.35. The summed E-state index contributed by atoms with van der Waals surface area (Å²) in [5, 5.41) is 12.7. The van der Waals surface area contributed by atoms with E-state index < -0.39 is 0 Å². The van der Waals surface area contributed by atoms with E-state index in [1.54, 1.807) is 12.1 Å². The van der Waals surface area contributed by atoms with Crippen LogP contribution in [-0.4, -0.2) is 26.4 Å². The van der Waals surface area contributed by atoms with Crippen molar-refractivity contribution in [2.75, 3.05) is 11.1 Å². The fraction of sp³-hybridized carbons (Fsp3) is 0.227. The number of hydrogen-bond acceptors (Lipinski definition) is 5. The SMILES string of the molecule is C=CCn1c(SCC(=O)Nc2ccc(Br)cc2)nnc1C(C)Oc1ccc(Cl)c(C)c1. The molecule has 31 heavy (non-hydrogen) atoms. The Balaban J connectivity index is 1.67. The van der Waals surface area contributed by atoms with Crippen molar-refractivity contribution in [2.24, 2.45) is 0 Å². The van der Waals surface area contributed by atoms with Gasteiger partial charge >= 0.3 is 0 Å². The van der Waals surface area contributed by atoms with Gasteiger partial charge in [-0.3, -0.25) is 9.36 Å². The van der Waals surface area contributed by atoms with Crippen molar-refractivity contribution in [1.82, 2.24) is 14.8 Å². The lowest BCUT2D eigenvalue weighted by atomic mass is 10.2. The minimum Gasteiger partial charge on any atom is -0.483 e. The van der Waals surface area contributed by atoms with Gasteiger partial charge < -0.3 is 10.1 Å². The van der Waals surface area contributed by atoms with Gasteiger partial charge in [0.2, 0.25) is 5.91 Å². The number of rotatable bonds is 9. The molecule has 0 aliphatic heterocycles. The second kappa shape index (κ2) is 10.8. The Morgan fingerprint density at radius 3 is 2.74 bits per heavy atom. The van der Waals surface area contributed by atoms with Crippen LogP contribution in [0, 0.1) is 6.92 Å². The van der Waals surface area contributed by atoms with Crippen LogP contribution < -0.4 is 10.1 Å². The summed E-state index contributed by atoms with van der Waals surface area (Å²) < 4.78 is 8.90. The second-order valence-electron chi connectivity index (χ2n) is 6.75. The number of allylic oxidation sites excluding steroid dienone is 1. The summed E-state index contributed by atoms with van der Waals surface area (Å²) in [4.78, 5) is 12.3. The van der Waals surface area contributed by atoms with Gasteiger partial charge in [-0.25, -0.2) is 0 Å². The van der Waals surface area contributed by atoms with Crippen LogP contribution in [-0.2, 0) is 11.3 Å². The van der Waals surface area contributed by atoms with Crippen molar-refractivity contribution in [3.63, 3.8) is 0 Å². The number of aromatic nitrogens is 3. The quantitative estimate of drug-likeness (QED) is 0.274. The molecule has 0 saturated carbocycles. The third-order valence-corrected chi connectivity index (χ3v) is 6.24. The Morgan fingerprint density at radius 1 is 1.32 bits per heavy atom. The normalized spacial score (nSPS) is 11.7. The first-order valence-corrected chi connectivity index (χ1v) is 11.7. The highest BCUT2D eigenvalue weighted by Gasteiger charge is 2.20. The topological polar surface area (TPSA) is 69.0 Å². The van der Waals surface area contributed by atoms with Crippen LogP contribution in [0.5, 0.6) is 5.75 Å². The Hall–Kier alpha value is -2.29. The Morgan fingerprint density at radius 2 is 2.06 bits per heavy atom. The van der Waals surface area contributed by atoms with E-state index >= 15 is 0 Å². The van der Waals surface area contributed by atoms with E-state index in [-0.39, 0.29) is 17.8 Å². The van der Waals surface area contributed by atoms with Gasteiger partial charge in [0.25, 0.3) is 0 Å². The van der Waals surface area contributed by atoms with Crippen LogP contribution in [0.25, 0.3) is 0 Å². The number of aryl methyl sites for hydroxylation is 1. The average Bonchev–Trinajstić information content (AvgIpc) is 3.14. The maximum absolute atomic E-state index is 12.3. The number of amides is 1. The first kappa shape index (κ1) is 23.4. The largest absolute Gasteiger partial charge is 0.483 e. The van der Waals surface area contributed by atoms with Gasteiger partial charge in [-0.2, -0.15) is 0 Å². The molecular weight excluding hydrogens is 500 g/mol. The number of benzene rings is 2. The Labute approximate surface area is 199 Å². The number of anilines is 1. The van der Waals surface area contributed by atoms with Crippen molar-refractivity contribution in [3.05, 3.63) is 76.0 Å². The minimum absolute atomic E-state index is 0.122. The summed E-state index contributed by atoms with van der Waals surface area (Å²) >= 11 is 10.8. The standard InChI is InChI=1S/C22H22BrClN4O2S/c1-4-11-28-21(15(3)30-18-9-10-19(24)14(2)12-18)26-27-22(28)31-13-20(29)25-17-7-5-16(23)6-8-17/h4-10,12,15H,1,11,13H2,2-3H3,(H,25,29). The molecule has 0 bridgehead atoms. The van der Waals surface area contributed by atoms with Gasteiger partial charge in [-0.15, -0.1) is 16.8 Å². The van der Waals surface area contributed by atoms with Crippen molar-refractivity contribution < 1.29 is 9.53 Å². The summed E-state index contributed by atoms with van der Waals surface area (Å²) in [6.45, 7) is 8.15. The highest BCUT2D eigenvalue weighted by molar-refractivity contribution is 9.10. The number of thioether (sulfide) groups is 1. The molecule has 0 saturated heterocycles. The number of halogens is 2. The van der Waals surface area contributed by atoms with Gasteiger partial charge in [0.1, 0.15) is 5.75 Å². The molecule has 2 aromatic carbocycles. The molecule has 3 aromatic rings. The van der Waals surface area contributed by atoms with Crippen molar-refractivity contribution in [3.8, 4) is 5.75 Å². The molecule has 3 rings (SSSR count).